The van der Waals surface area contributed by atoms with E-state index in [1.807, 2.05) is 30.2 Å². The number of carbonyl (C=O) groups is 1. The predicted molar refractivity (Wildman–Crippen MR) is 91.4 cm³/mol. The topological polar surface area (TPSA) is 59.8 Å². The van der Waals surface area contributed by atoms with Gasteiger partial charge in [0.05, 0.1) is 6.20 Å². The van der Waals surface area contributed by atoms with Crippen molar-refractivity contribution in [2.75, 3.05) is 33.0 Å². The van der Waals surface area contributed by atoms with Crippen LogP contribution in [0.1, 0.15) is 11.1 Å². The van der Waals surface area contributed by atoms with Gasteiger partial charge in [0.1, 0.15) is 6.54 Å². The quantitative estimate of drug-likeness (QED) is 0.837. The highest BCUT2D eigenvalue weighted by atomic mass is 16.7. The van der Waals surface area contributed by atoms with Crippen LogP contribution in [0.3, 0.4) is 0 Å². The Hall–Kier alpha value is -2.54. The summed E-state index contributed by atoms with van der Waals surface area (Å²) in [7, 11) is 0. The number of amides is 1. The van der Waals surface area contributed by atoms with Gasteiger partial charge < -0.3 is 14.4 Å². The van der Waals surface area contributed by atoms with E-state index in [0.717, 1.165) is 49.8 Å². The summed E-state index contributed by atoms with van der Waals surface area (Å²) in [5.74, 6) is 1.76. The van der Waals surface area contributed by atoms with Gasteiger partial charge in [-0.2, -0.15) is 5.10 Å². The summed E-state index contributed by atoms with van der Waals surface area (Å²) in [5, 5.41) is 4.19. The second-order valence-electron chi connectivity index (χ2n) is 6.56. The van der Waals surface area contributed by atoms with Gasteiger partial charge in [0.25, 0.3) is 0 Å². The van der Waals surface area contributed by atoms with Crippen LogP contribution in [0.2, 0.25) is 0 Å². The van der Waals surface area contributed by atoms with Crippen LogP contribution in [0.5, 0.6) is 11.5 Å². The van der Waals surface area contributed by atoms with Gasteiger partial charge in [-0.15, -0.1) is 0 Å². The molecule has 0 aliphatic carbocycles. The Morgan fingerprint density at radius 2 is 1.96 bits per heavy atom. The lowest BCUT2D eigenvalue weighted by molar-refractivity contribution is -0.133. The van der Waals surface area contributed by atoms with E-state index in [1.165, 1.54) is 5.56 Å². The van der Waals surface area contributed by atoms with E-state index in [4.69, 9.17) is 9.47 Å². The van der Waals surface area contributed by atoms with E-state index < -0.39 is 0 Å². The summed E-state index contributed by atoms with van der Waals surface area (Å²) in [6, 6.07) is 6.08. The van der Waals surface area contributed by atoms with Crippen molar-refractivity contribution in [1.82, 2.24) is 19.6 Å². The van der Waals surface area contributed by atoms with Crippen molar-refractivity contribution in [3.63, 3.8) is 0 Å². The third-order valence-corrected chi connectivity index (χ3v) is 4.63. The summed E-state index contributed by atoms with van der Waals surface area (Å²) in [6.07, 6.45) is 3.67. The third-order valence-electron chi connectivity index (χ3n) is 4.63. The largest absolute Gasteiger partial charge is 0.454 e. The Kier molecular flexibility index (Phi) is 4.31. The molecule has 0 atom stereocenters. The third kappa shape index (κ3) is 3.61. The molecule has 0 N–H and O–H groups in total. The number of fused-ring (bicyclic) bond motifs is 1. The molecule has 1 fully saturated rings. The molecule has 25 heavy (non-hydrogen) atoms. The van der Waals surface area contributed by atoms with Crippen molar-refractivity contribution in [2.24, 2.45) is 0 Å². The van der Waals surface area contributed by atoms with E-state index in [0.29, 0.717) is 13.3 Å². The van der Waals surface area contributed by atoms with Crippen LogP contribution in [-0.2, 0) is 17.9 Å². The fraction of sp³-hybridized carbons (Fsp3) is 0.444. The molecule has 0 bridgehead atoms. The molecule has 1 aromatic heterocycles. The minimum absolute atomic E-state index is 0.130. The monoisotopic (exact) mass is 342 g/mol. The van der Waals surface area contributed by atoms with Crippen LogP contribution < -0.4 is 9.47 Å². The van der Waals surface area contributed by atoms with Crippen molar-refractivity contribution in [3.8, 4) is 11.5 Å². The van der Waals surface area contributed by atoms with Gasteiger partial charge in [0, 0.05) is 38.9 Å². The van der Waals surface area contributed by atoms with Crippen molar-refractivity contribution in [1.29, 1.82) is 0 Å². The number of hydrogen-bond acceptors (Lipinski definition) is 5. The highest BCUT2D eigenvalue weighted by molar-refractivity contribution is 5.76. The second-order valence-corrected chi connectivity index (χ2v) is 6.56. The van der Waals surface area contributed by atoms with Gasteiger partial charge in [-0.3, -0.25) is 14.4 Å². The maximum absolute atomic E-state index is 12.4. The van der Waals surface area contributed by atoms with E-state index in [1.54, 1.807) is 10.9 Å². The minimum atomic E-state index is 0.130. The summed E-state index contributed by atoms with van der Waals surface area (Å²) < 4.78 is 12.5. The van der Waals surface area contributed by atoms with Crippen LogP contribution in [0.25, 0.3) is 0 Å². The molecule has 0 radical (unpaired) electrons. The molecule has 1 amide bonds. The molecule has 3 heterocycles. The van der Waals surface area contributed by atoms with Gasteiger partial charge in [0.2, 0.25) is 12.7 Å². The zero-order chi connectivity index (χ0) is 17.2. The molecule has 2 aromatic rings. The fourth-order valence-corrected chi connectivity index (χ4v) is 3.24. The fourth-order valence-electron chi connectivity index (χ4n) is 3.24. The van der Waals surface area contributed by atoms with Crippen molar-refractivity contribution in [2.45, 2.75) is 20.0 Å². The Bertz CT molecular complexity index is 765. The molecule has 0 spiro atoms. The molecular weight excluding hydrogens is 320 g/mol. The minimum Gasteiger partial charge on any atom is -0.454 e. The zero-order valence-electron chi connectivity index (χ0n) is 14.4. The van der Waals surface area contributed by atoms with Gasteiger partial charge in [-0.25, -0.2) is 0 Å². The van der Waals surface area contributed by atoms with Crippen LogP contribution in [0, 0.1) is 6.92 Å². The first-order valence-electron chi connectivity index (χ1n) is 8.55. The summed E-state index contributed by atoms with van der Waals surface area (Å²) >= 11 is 0. The summed E-state index contributed by atoms with van der Waals surface area (Å²) in [4.78, 5) is 16.7. The lowest BCUT2D eigenvalue weighted by atomic mass is 10.1. The van der Waals surface area contributed by atoms with Crippen LogP contribution >= 0.6 is 0 Å². The molecule has 1 aromatic carbocycles. The zero-order valence-corrected chi connectivity index (χ0v) is 14.4. The van der Waals surface area contributed by atoms with Crippen molar-refractivity contribution < 1.29 is 14.3 Å². The average molecular weight is 342 g/mol. The molecule has 0 saturated carbocycles. The number of aryl methyl sites for hydroxylation is 1. The van der Waals surface area contributed by atoms with Gasteiger partial charge in [-0.05, 0) is 30.2 Å². The Labute approximate surface area is 146 Å². The molecule has 7 heteroatoms. The van der Waals surface area contributed by atoms with Gasteiger partial charge in [-0.1, -0.05) is 6.07 Å². The van der Waals surface area contributed by atoms with Crippen LogP contribution in [0.15, 0.2) is 30.6 Å². The van der Waals surface area contributed by atoms with Crippen LogP contribution in [0.4, 0.5) is 0 Å². The molecule has 7 nitrogen and oxygen atoms in total. The van der Waals surface area contributed by atoms with E-state index in [-0.39, 0.29) is 5.91 Å². The Balaban J connectivity index is 1.28. The first kappa shape index (κ1) is 16.0. The number of aromatic nitrogens is 2. The number of nitrogens with zero attached hydrogens (tertiary/aromatic N) is 4. The lowest BCUT2D eigenvalue weighted by Gasteiger charge is -2.34. The number of hydrogen-bond donors (Lipinski definition) is 0. The Morgan fingerprint density at radius 3 is 2.72 bits per heavy atom. The molecule has 2 aliphatic rings. The first-order chi connectivity index (χ1) is 12.2. The maximum Gasteiger partial charge on any atom is 0.244 e. The van der Waals surface area contributed by atoms with E-state index in [2.05, 4.69) is 16.1 Å². The van der Waals surface area contributed by atoms with Crippen LogP contribution in [-0.4, -0.2) is 58.5 Å². The molecule has 1 saturated heterocycles. The second kappa shape index (κ2) is 6.76. The van der Waals surface area contributed by atoms with E-state index >= 15 is 0 Å². The van der Waals surface area contributed by atoms with E-state index in [9.17, 15) is 4.79 Å². The molecule has 0 unspecified atom stereocenters. The average Bonchev–Trinajstić information content (AvgIpc) is 3.24. The van der Waals surface area contributed by atoms with Crippen molar-refractivity contribution >= 4 is 5.91 Å². The highest BCUT2D eigenvalue weighted by Gasteiger charge is 2.22. The molecular formula is C18H22N4O3. The maximum atomic E-state index is 12.4. The number of rotatable bonds is 4. The first-order valence-corrected chi connectivity index (χ1v) is 8.55. The Morgan fingerprint density at radius 1 is 1.16 bits per heavy atom. The summed E-state index contributed by atoms with van der Waals surface area (Å²) in [5.41, 5.74) is 2.28. The standard InChI is InChI=1S/C18H22N4O3/c1-14-9-19-22(10-14)12-18(23)21-6-4-20(5-7-21)11-15-2-3-16-17(8-15)25-13-24-16/h2-3,8-10H,4-7,11-13H2,1H3. The number of ether oxygens (including phenoxy) is 2. The highest BCUT2D eigenvalue weighted by Crippen LogP contribution is 2.32. The smallest absolute Gasteiger partial charge is 0.244 e. The SMILES string of the molecule is Cc1cnn(CC(=O)N2CCN(Cc3ccc4c(c3)OCO4)CC2)c1. The summed E-state index contributed by atoms with van der Waals surface area (Å²) in [6.45, 7) is 6.70. The molecule has 2 aliphatic heterocycles. The molecule has 4 rings (SSSR count). The van der Waals surface area contributed by atoms with Gasteiger partial charge in [0.15, 0.2) is 11.5 Å². The number of carbonyl (C=O) groups excluding carboxylic acids is 1. The number of piperazine rings is 1. The normalized spacial score (nSPS) is 17.1. The van der Waals surface area contributed by atoms with Crippen molar-refractivity contribution in [3.05, 3.63) is 41.7 Å². The number of benzene rings is 1. The van der Waals surface area contributed by atoms with Gasteiger partial charge >= 0.3 is 0 Å². The molecule has 132 valence electrons. The lowest BCUT2D eigenvalue weighted by Crippen LogP contribution is -2.49. The predicted octanol–water partition coefficient (Wildman–Crippen LogP) is 1.26.